The first-order chi connectivity index (χ1) is 8.38. The van der Waals surface area contributed by atoms with Gasteiger partial charge in [0.25, 0.3) is 0 Å². The lowest BCUT2D eigenvalue weighted by molar-refractivity contribution is 0.598. The Morgan fingerprint density at radius 1 is 1.39 bits per heavy atom. The quantitative estimate of drug-likeness (QED) is 0.778. The Morgan fingerprint density at radius 2 is 2.11 bits per heavy atom. The van der Waals surface area contributed by atoms with E-state index in [0.717, 1.165) is 0 Å². The number of aryl methyl sites for hydroxylation is 1. The van der Waals surface area contributed by atoms with Gasteiger partial charge in [0.05, 0.1) is 4.90 Å². The molecule has 0 unspecified atom stereocenters. The zero-order chi connectivity index (χ0) is 13.3. The van der Waals surface area contributed by atoms with E-state index in [1.165, 1.54) is 30.2 Å². The predicted octanol–water partition coefficient (Wildman–Crippen LogP) is 0.196. The largest absolute Gasteiger partial charge is 0.398 e. The summed E-state index contributed by atoms with van der Waals surface area (Å²) in [4.78, 5) is 4.72. The lowest BCUT2D eigenvalue weighted by Gasteiger charge is -2.06. The third-order valence-electron chi connectivity index (χ3n) is 2.18. The summed E-state index contributed by atoms with van der Waals surface area (Å²) < 4.78 is 23.9. The fourth-order valence-corrected chi connectivity index (χ4v) is 2.61. The van der Waals surface area contributed by atoms with Gasteiger partial charge in [-0.1, -0.05) is 0 Å². The standard InChI is InChI=1S/C9H11N5O2S2/c1-14-9(12-5-13-14)17-8-3-2-6(4-7(8)10)18(11,15)16/h2-5H,10H2,1H3,(H2,11,15,16). The van der Waals surface area contributed by atoms with Crippen LogP contribution in [0, 0.1) is 0 Å². The Bertz CT molecular complexity index is 680. The van der Waals surface area contributed by atoms with Crippen LogP contribution in [-0.2, 0) is 17.1 Å². The molecule has 9 heteroatoms. The van der Waals surface area contributed by atoms with Crippen LogP contribution in [0.5, 0.6) is 0 Å². The number of aromatic nitrogens is 3. The average molecular weight is 285 g/mol. The minimum absolute atomic E-state index is 0.0117. The minimum Gasteiger partial charge on any atom is -0.398 e. The minimum atomic E-state index is -3.73. The van der Waals surface area contributed by atoms with Gasteiger partial charge in [-0.25, -0.2) is 23.2 Å². The lowest BCUT2D eigenvalue weighted by atomic mass is 10.3. The molecule has 0 aliphatic heterocycles. The maximum absolute atomic E-state index is 11.2. The number of benzene rings is 1. The molecule has 0 bridgehead atoms. The highest BCUT2D eigenvalue weighted by Gasteiger charge is 2.12. The third kappa shape index (κ3) is 2.63. The van der Waals surface area contributed by atoms with Crippen LogP contribution in [0.4, 0.5) is 5.69 Å². The van der Waals surface area contributed by atoms with Crippen molar-refractivity contribution in [1.29, 1.82) is 0 Å². The van der Waals surface area contributed by atoms with Gasteiger partial charge in [-0.2, -0.15) is 5.10 Å². The SMILES string of the molecule is Cn1ncnc1Sc1ccc(S(N)(=O)=O)cc1N. The maximum atomic E-state index is 11.2. The molecule has 96 valence electrons. The molecule has 0 amide bonds. The molecule has 0 spiro atoms. The second-order valence-corrected chi connectivity index (χ2v) is 6.08. The van der Waals surface area contributed by atoms with Crippen LogP contribution in [0.2, 0.25) is 0 Å². The first-order valence-electron chi connectivity index (χ1n) is 4.82. The maximum Gasteiger partial charge on any atom is 0.238 e. The number of nitrogens with zero attached hydrogens (tertiary/aromatic N) is 3. The molecule has 2 rings (SSSR count). The molecule has 4 N–H and O–H groups in total. The highest BCUT2D eigenvalue weighted by Crippen LogP contribution is 2.31. The van der Waals surface area contributed by atoms with Crippen LogP contribution in [-0.4, -0.2) is 23.2 Å². The van der Waals surface area contributed by atoms with E-state index in [9.17, 15) is 8.42 Å². The van der Waals surface area contributed by atoms with E-state index in [-0.39, 0.29) is 4.90 Å². The topological polar surface area (TPSA) is 117 Å². The Labute approximate surface area is 108 Å². The molecule has 1 aromatic heterocycles. The number of hydrogen-bond donors (Lipinski definition) is 2. The summed E-state index contributed by atoms with van der Waals surface area (Å²) in [6.07, 6.45) is 1.43. The van der Waals surface area contributed by atoms with Crippen molar-refractivity contribution < 1.29 is 8.42 Å². The Balaban J connectivity index is 2.34. The number of sulfonamides is 1. The zero-order valence-corrected chi connectivity index (χ0v) is 11.1. The van der Waals surface area contributed by atoms with Crippen molar-refractivity contribution in [3.63, 3.8) is 0 Å². The van der Waals surface area contributed by atoms with E-state index in [1.807, 2.05) is 0 Å². The number of nitrogens with two attached hydrogens (primary N) is 2. The molecule has 2 aromatic rings. The highest BCUT2D eigenvalue weighted by molar-refractivity contribution is 7.99. The van der Waals surface area contributed by atoms with Crippen molar-refractivity contribution in [2.24, 2.45) is 12.2 Å². The van der Waals surface area contributed by atoms with E-state index < -0.39 is 10.0 Å². The molecular weight excluding hydrogens is 274 g/mol. The number of anilines is 1. The average Bonchev–Trinajstić information content (AvgIpc) is 2.66. The van der Waals surface area contributed by atoms with Crippen LogP contribution in [0.15, 0.2) is 39.5 Å². The summed E-state index contributed by atoms with van der Waals surface area (Å²) in [7, 11) is -1.98. The van der Waals surface area contributed by atoms with Gasteiger partial charge in [-0.3, -0.25) is 0 Å². The van der Waals surface area contributed by atoms with Gasteiger partial charge < -0.3 is 5.73 Å². The van der Waals surface area contributed by atoms with Crippen molar-refractivity contribution in [2.45, 2.75) is 14.9 Å². The van der Waals surface area contributed by atoms with E-state index in [2.05, 4.69) is 10.1 Å². The first-order valence-corrected chi connectivity index (χ1v) is 7.18. The normalized spacial score (nSPS) is 11.7. The summed E-state index contributed by atoms with van der Waals surface area (Å²) in [6, 6.07) is 4.33. The van der Waals surface area contributed by atoms with Crippen molar-refractivity contribution in [2.75, 3.05) is 5.73 Å². The molecule has 0 saturated heterocycles. The van der Waals surface area contributed by atoms with Crippen LogP contribution < -0.4 is 10.9 Å². The second kappa shape index (κ2) is 4.59. The molecule has 0 aliphatic rings. The van der Waals surface area contributed by atoms with Crippen molar-refractivity contribution in [3.8, 4) is 0 Å². The van der Waals surface area contributed by atoms with Gasteiger partial charge in [0.1, 0.15) is 6.33 Å². The molecule has 18 heavy (non-hydrogen) atoms. The Kier molecular flexibility index (Phi) is 3.28. The molecule has 1 aromatic carbocycles. The van der Waals surface area contributed by atoms with E-state index >= 15 is 0 Å². The van der Waals surface area contributed by atoms with Crippen LogP contribution in [0.3, 0.4) is 0 Å². The molecule has 0 saturated carbocycles. The highest BCUT2D eigenvalue weighted by atomic mass is 32.2. The lowest BCUT2D eigenvalue weighted by Crippen LogP contribution is -2.12. The Hall–Kier alpha value is -1.58. The molecule has 0 radical (unpaired) electrons. The van der Waals surface area contributed by atoms with Gasteiger partial charge >= 0.3 is 0 Å². The summed E-state index contributed by atoms with van der Waals surface area (Å²) in [5.41, 5.74) is 6.11. The summed E-state index contributed by atoms with van der Waals surface area (Å²) in [5.74, 6) is 0. The van der Waals surface area contributed by atoms with E-state index in [1.54, 1.807) is 17.8 Å². The van der Waals surface area contributed by atoms with Crippen LogP contribution in [0.1, 0.15) is 0 Å². The van der Waals surface area contributed by atoms with Crippen LogP contribution >= 0.6 is 11.8 Å². The first kappa shape index (κ1) is 12.9. The summed E-state index contributed by atoms with van der Waals surface area (Å²) in [6.45, 7) is 0. The second-order valence-electron chi connectivity index (χ2n) is 3.51. The summed E-state index contributed by atoms with van der Waals surface area (Å²) in [5, 5.41) is 9.60. The van der Waals surface area contributed by atoms with Crippen molar-refractivity contribution in [1.82, 2.24) is 14.8 Å². The van der Waals surface area contributed by atoms with E-state index in [4.69, 9.17) is 10.9 Å². The van der Waals surface area contributed by atoms with Gasteiger partial charge in [-0.15, -0.1) is 0 Å². The number of nitrogen functional groups attached to an aromatic ring is 1. The van der Waals surface area contributed by atoms with Gasteiger partial charge in [0, 0.05) is 17.6 Å². The van der Waals surface area contributed by atoms with Gasteiger partial charge in [0.2, 0.25) is 10.0 Å². The number of primary sulfonamides is 1. The van der Waals surface area contributed by atoms with E-state index in [0.29, 0.717) is 15.7 Å². The van der Waals surface area contributed by atoms with Crippen molar-refractivity contribution >= 4 is 27.5 Å². The fourth-order valence-electron chi connectivity index (χ4n) is 1.27. The van der Waals surface area contributed by atoms with Gasteiger partial charge in [-0.05, 0) is 30.0 Å². The Morgan fingerprint density at radius 3 is 2.61 bits per heavy atom. The fraction of sp³-hybridized carbons (Fsp3) is 0.111. The van der Waals surface area contributed by atoms with Gasteiger partial charge in [0.15, 0.2) is 5.16 Å². The van der Waals surface area contributed by atoms with Crippen molar-refractivity contribution in [3.05, 3.63) is 24.5 Å². The molecular formula is C9H11N5O2S2. The van der Waals surface area contributed by atoms with Crippen LogP contribution in [0.25, 0.3) is 0 Å². The molecule has 1 heterocycles. The molecule has 0 aliphatic carbocycles. The molecule has 0 fully saturated rings. The third-order valence-corrected chi connectivity index (χ3v) is 4.24. The monoisotopic (exact) mass is 285 g/mol. The molecule has 7 nitrogen and oxygen atoms in total. The zero-order valence-electron chi connectivity index (χ0n) is 9.44. The number of hydrogen-bond acceptors (Lipinski definition) is 6. The predicted molar refractivity (Wildman–Crippen MR) is 67.4 cm³/mol. The summed E-state index contributed by atoms with van der Waals surface area (Å²) >= 11 is 1.30. The smallest absolute Gasteiger partial charge is 0.238 e. The molecule has 0 atom stereocenters. The number of rotatable bonds is 3.